The highest BCUT2D eigenvalue weighted by atomic mass is 32.1. The monoisotopic (exact) mass is 528 g/mol. The number of ether oxygens (including phenoxy) is 2. The Hall–Kier alpha value is -2.09. The van der Waals surface area contributed by atoms with Crippen LogP contribution in [0.15, 0.2) is 41.9 Å². The Labute approximate surface area is 226 Å². The molecule has 7 heteroatoms. The van der Waals surface area contributed by atoms with E-state index in [1.807, 2.05) is 35.4 Å². The molecule has 2 heterocycles. The molecule has 1 saturated heterocycles. The van der Waals surface area contributed by atoms with Gasteiger partial charge < -0.3 is 14.4 Å². The lowest BCUT2D eigenvalue weighted by Crippen LogP contribution is -2.48. The molecule has 6 nitrogen and oxygen atoms in total. The number of rotatable bonds is 15. The number of benzene rings is 1. The van der Waals surface area contributed by atoms with Gasteiger partial charge in [0.2, 0.25) is 5.91 Å². The van der Waals surface area contributed by atoms with Gasteiger partial charge in [-0.2, -0.15) is 0 Å². The summed E-state index contributed by atoms with van der Waals surface area (Å²) >= 11 is 1.60. The molecule has 1 aromatic heterocycles. The summed E-state index contributed by atoms with van der Waals surface area (Å²) in [7, 11) is 3.35. The van der Waals surface area contributed by atoms with Crippen molar-refractivity contribution < 1.29 is 19.1 Å². The third-order valence-corrected chi connectivity index (χ3v) is 8.88. The Bertz CT molecular complexity index is 952. The predicted octanol–water partition coefficient (Wildman–Crippen LogP) is 5.91. The molecule has 204 valence electrons. The van der Waals surface area contributed by atoms with E-state index in [4.69, 9.17) is 9.47 Å². The molecule has 1 fully saturated rings. The molecule has 0 bridgehead atoms. The number of carbonyl (C=O) groups excluding carboxylic acids is 2. The van der Waals surface area contributed by atoms with Crippen LogP contribution in [0.5, 0.6) is 0 Å². The summed E-state index contributed by atoms with van der Waals surface area (Å²) in [6.07, 6.45) is 6.67. The summed E-state index contributed by atoms with van der Waals surface area (Å²) < 4.78 is 11.6. The Morgan fingerprint density at radius 1 is 1.14 bits per heavy atom. The van der Waals surface area contributed by atoms with E-state index in [1.54, 1.807) is 31.8 Å². The molecule has 1 aromatic carbocycles. The normalized spacial score (nSPS) is 19.8. The van der Waals surface area contributed by atoms with Crippen LogP contribution < -0.4 is 0 Å². The third-order valence-electron chi connectivity index (χ3n) is 7.94. The third kappa shape index (κ3) is 8.20. The number of hydrogen-bond acceptors (Lipinski definition) is 6. The van der Waals surface area contributed by atoms with Crippen molar-refractivity contribution in [1.29, 1.82) is 0 Å². The van der Waals surface area contributed by atoms with Crippen LogP contribution in [0.1, 0.15) is 75.8 Å². The van der Waals surface area contributed by atoms with Crippen molar-refractivity contribution in [2.24, 2.45) is 11.8 Å². The van der Waals surface area contributed by atoms with Gasteiger partial charge in [-0.1, -0.05) is 57.5 Å². The largest absolute Gasteiger partial charge is 0.381 e. The lowest BCUT2D eigenvalue weighted by molar-refractivity contribution is -0.141. The Morgan fingerprint density at radius 2 is 1.89 bits per heavy atom. The molecule has 0 radical (unpaired) electrons. The van der Waals surface area contributed by atoms with Gasteiger partial charge in [0, 0.05) is 50.6 Å². The van der Waals surface area contributed by atoms with Gasteiger partial charge in [-0.25, -0.2) is 4.98 Å². The SMILES string of the molecule is CC[C@H](C)C[C@@H](CC(=O)N1CCC[C@H]1[C@H](OC)[C@@H](C)C(=O)C[C@@H](Cc1ccccc1)c1nccs1)OC. The van der Waals surface area contributed by atoms with E-state index < -0.39 is 0 Å². The summed E-state index contributed by atoms with van der Waals surface area (Å²) in [5, 5.41) is 2.96. The highest BCUT2D eigenvalue weighted by molar-refractivity contribution is 7.09. The molecule has 3 rings (SSSR count). The molecular weight excluding hydrogens is 484 g/mol. The van der Waals surface area contributed by atoms with Crippen LogP contribution >= 0.6 is 11.3 Å². The molecule has 1 aliphatic rings. The summed E-state index contributed by atoms with van der Waals surface area (Å²) in [5.41, 5.74) is 1.20. The van der Waals surface area contributed by atoms with Crippen LogP contribution in [0.3, 0.4) is 0 Å². The van der Waals surface area contributed by atoms with Gasteiger partial charge in [0.1, 0.15) is 5.78 Å². The van der Waals surface area contributed by atoms with Gasteiger partial charge in [0.25, 0.3) is 0 Å². The number of likely N-dealkylation sites (tertiary alicyclic amines) is 1. The molecule has 0 saturated carbocycles. The zero-order valence-corrected chi connectivity index (χ0v) is 23.9. The van der Waals surface area contributed by atoms with Gasteiger partial charge in [0.05, 0.1) is 29.7 Å². The molecular formula is C30H44N2O4S. The second-order valence-electron chi connectivity index (χ2n) is 10.5. The molecule has 0 N–H and O–H groups in total. The molecule has 0 aliphatic carbocycles. The van der Waals surface area contributed by atoms with Crippen molar-refractivity contribution in [3.63, 3.8) is 0 Å². The first kappa shape index (κ1) is 29.5. The second-order valence-corrected chi connectivity index (χ2v) is 11.5. The van der Waals surface area contributed by atoms with Crippen molar-refractivity contribution >= 4 is 23.0 Å². The van der Waals surface area contributed by atoms with Gasteiger partial charge in [-0.3, -0.25) is 9.59 Å². The fourth-order valence-electron chi connectivity index (χ4n) is 5.52. The van der Waals surface area contributed by atoms with Crippen LogP contribution in [0, 0.1) is 11.8 Å². The van der Waals surface area contributed by atoms with E-state index in [0.29, 0.717) is 25.3 Å². The van der Waals surface area contributed by atoms with Gasteiger partial charge >= 0.3 is 0 Å². The number of nitrogens with zero attached hydrogens (tertiary/aromatic N) is 2. The van der Waals surface area contributed by atoms with E-state index in [0.717, 1.165) is 37.1 Å². The van der Waals surface area contributed by atoms with Crippen LogP contribution in [-0.2, 0) is 25.5 Å². The molecule has 37 heavy (non-hydrogen) atoms. The number of carbonyl (C=O) groups is 2. The highest BCUT2D eigenvalue weighted by Gasteiger charge is 2.40. The van der Waals surface area contributed by atoms with Crippen molar-refractivity contribution in [1.82, 2.24) is 9.88 Å². The number of amides is 1. The molecule has 1 aliphatic heterocycles. The van der Waals surface area contributed by atoms with Gasteiger partial charge in [-0.15, -0.1) is 11.3 Å². The number of hydrogen-bond donors (Lipinski definition) is 0. The lowest BCUT2D eigenvalue weighted by Gasteiger charge is -2.35. The topological polar surface area (TPSA) is 68.7 Å². The Morgan fingerprint density at radius 3 is 2.51 bits per heavy atom. The summed E-state index contributed by atoms with van der Waals surface area (Å²) in [6, 6.07) is 10.2. The van der Waals surface area contributed by atoms with Gasteiger partial charge in [0.15, 0.2) is 0 Å². The summed E-state index contributed by atoms with van der Waals surface area (Å²) in [6.45, 7) is 7.02. The summed E-state index contributed by atoms with van der Waals surface area (Å²) in [4.78, 5) is 33.4. The quantitative estimate of drug-likeness (QED) is 0.287. The van der Waals surface area contributed by atoms with Crippen LogP contribution in [0.25, 0.3) is 0 Å². The van der Waals surface area contributed by atoms with Crippen LogP contribution in [-0.4, -0.2) is 60.6 Å². The van der Waals surface area contributed by atoms with Crippen LogP contribution in [0.2, 0.25) is 0 Å². The Kier molecular flexibility index (Phi) is 11.7. The lowest BCUT2D eigenvalue weighted by atomic mass is 9.86. The minimum Gasteiger partial charge on any atom is -0.381 e. The fraction of sp³-hybridized carbons (Fsp3) is 0.633. The standard InChI is InChI=1S/C30H44N2O4S/c1-6-21(2)17-25(35-4)20-28(34)32-15-10-13-26(32)29(36-5)22(3)27(33)19-24(30-31-14-16-37-30)18-23-11-8-7-9-12-23/h7-9,11-12,14,16,21-22,24-26,29H,6,10,13,15,17-20H2,1-5H3/t21-,22-,24+,25-,26-,29+/m0/s1. The Balaban J connectivity index is 1.68. The average molecular weight is 529 g/mol. The zero-order valence-electron chi connectivity index (χ0n) is 23.1. The maximum absolute atomic E-state index is 13.6. The number of aromatic nitrogens is 1. The van der Waals surface area contributed by atoms with Crippen molar-refractivity contribution in [2.75, 3.05) is 20.8 Å². The van der Waals surface area contributed by atoms with E-state index in [2.05, 4.69) is 31.0 Å². The molecule has 0 spiro atoms. The minimum atomic E-state index is -0.330. The van der Waals surface area contributed by atoms with E-state index >= 15 is 0 Å². The maximum atomic E-state index is 13.6. The predicted molar refractivity (Wildman–Crippen MR) is 149 cm³/mol. The molecule has 1 amide bonds. The number of thiazole rings is 1. The molecule has 2 aromatic rings. The number of ketones is 1. The van der Waals surface area contributed by atoms with E-state index in [9.17, 15) is 9.59 Å². The highest BCUT2D eigenvalue weighted by Crippen LogP contribution is 2.32. The summed E-state index contributed by atoms with van der Waals surface area (Å²) in [5.74, 6) is 0.482. The zero-order chi connectivity index (χ0) is 26.8. The second kappa shape index (κ2) is 14.7. The van der Waals surface area contributed by atoms with Crippen LogP contribution in [0.4, 0.5) is 0 Å². The first-order valence-electron chi connectivity index (χ1n) is 13.7. The molecule has 6 atom stereocenters. The van der Waals surface area contributed by atoms with E-state index in [1.165, 1.54) is 5.56 Å². The first-order valence-corrected chi connectivity index (χ1v) is 14.6. The maximum Gasteiger partial charge on any atom is 0.225 e. The minimum absolute atomic E-state index is 0.0270. The number of Topliss-reactive ketones (excluding diaryl/α,β-unsaturated/α-hetero) is 1. The first-order chi connectivity index (χ1) is 17.9. The smallest absolute Gasteiger partial charge is 0.225 e. The fourth-order valence-corrected chi connectivity index (χ4v) is 6.26. The van der Waals surface area contributed by atoms with Gasteiger partial charge in [-0.05, 0) is 37.2 Å². The van der Waals surface area contributed by atoms with Crippen molar-refractivity contribution in [2.45, 2.75) is 89.9 Å². The van der Waals surface area contributed by atoms with E-state index in [-0.39, 0.29) is 41.8 Å². The van der Waals surface area contributed by atoms with Crippen molar-refractivity contribution in [3.05, 3.63) is 52.5 Å². The number of methoxy groups -OCH3 is 2. The average Bonchev–Trinajstić information content (AvgIpc) is 3.62. The van der Waals surface area contributed by atoms with Crippen molar-refractivity contribution in [3.8, 4) is 0 Å². The molecule has 0 unspecified atom stereocenters.